The van der Waals surface area contributed by atoms with Crippen LogP contribution in [0.1, 0.15) is 12.5 Å². The number of carbonyl (C=O) groups excluding carboxylic acids is 2. The Morgan fingerprint density at radius 3 is 2.53 bits per heavy atom. The SMILES string of the molecule is CC1SC(c2ccc(N3CC(CN)OC3=O)cc2F)=NNC1=O.O=C(O)C(F)(F)F. The normalized spacial score (nSPS) is 21.3. The van der Waals surface area contributed by atoms with Crippen LogP contribution in [0.15, 0.2) is 23.3 Å². The Morgan fingerprint density at radius 1 is 1.43 bits per heavy atom. The van der Waals surface area contributed by atoms with E-state index in [9.17, 15) is 27.2 Å². The number of alkyl halides is 3. The van der Waals surface area contributed by atoms with E-state index in [4.69, 9.17) is 20.4 Å². The number of nitrogens with one attached hydrogen (secondary N) is 1. The molecule has 1 fully saturated rings. The number of amides is 2. The molecule has 0 aliphatic carbocycles. The van der Waals surface area contributed by atoms with Crippen molar-refractivity contribution in [2.24, 2.45) is 10.8 Å². The first-order valence-electron chi connectivity index (χ1n) is 8.26. The van der Waals surface area contributed by atoms with E-state index < -0.39 is 24.1 Å². The molecule has 9 nitrogen and oxygen atoms in total. The van der Waals surface area contributed by atoms with Crippen LogP contribution in [0.4, 0.5) is 28.0 Å². The number of nitrogens with zero attached hydrogens (tertiary/aromatic N) is 2. The number of rotatable bonds is 3. The minimum atomic E-state index is -5.08. The molecule has 2 aliphatic heterocycles. The molecule has 4 N–H and O–H groups in total. The zero-order valence-corrected chi connectivity index (χ0v) is 16.1. The van der Waals surface area contributed by atoms with Crippen molar-refractivity contribution in [3.63, 3.8) is 0 Å². The summed E-state index contributed by atoms with van der Waals surface area (Å²) in [6.07, 6.45) is -6.02. The molecule has 0 bridgehead atoms. The summed E-state index contributed by atoms with van der Waals surface area (Å²) in [7, 11) is 0. The number of hydrogen-bond donors (Lipinski definition) is 3. The Bertz CT molecular complexity index is 880. The minimum absolute atomic E-state index is 0.216. The van der Waals surface area contributed by atoms with Crippen molar-refractivity contribution in [2.45, 2.75) is 24.5 Å². The number of ether oxygens (including phenoxy) is 1. The van der Waals surface area contributed by atoms with E-state index >= 15 is 0 Å². The van der Waals surface area contributed by atoms with Crippen molar-refractivity contribution in [3.05, 3.63) is 29.6 Å². The Morgan fingerprint density at radius 2 is 2.07 bits per heavy atom. The van der Waals surface area contributed by atoms with Gasteiger partial charge in [0.25, 0.3) is 5.91 Å². The van der Waals surface area contributed by atoms with Crippen LogP contribution < -0.4 is 16.1 Å². The lowest BCUT2D eigenvalue weighted by atomic mass is 10.2. The van der Waals surface area contributed by atoms with Gasteiger partial charge in [0.05, 0.1) is 17.5 Å². The topological polar surface area (TPSA) is 134 Å². The molecular weight excluding hydrogens is 436 g/mol. The smallest absolute Gasteiger partial charge is 0.475 e. The number of nitrogens with two attached hydrogens (primary N) is 1. The lowest BCUT2D eigenvalue weighted by molar-refractivity contribution is -0.192. The first-order valence-corrected chi connectivity index (χ1v) is 9.14. The van der Waals surface area contributed by atoms with Crippen molar-refractivity contribution >= 4 is 40.5 Å². The van der Waals surface area contributed by atoms with Gasteiger partial charge in [0, 0.05) is 12.1 Å². The van der Waals surface area contributed by atoms with Crippen LogP contribution >= 0.6 is 11.8 Å². The largest absolute Gasteiger partial charge is 0.490 e. The molecule has 0 saturated carbocycles. The second-order valence-corrected chi connectivity index (χ2v) is 7.30. The van der Waals surface area contributed by atoms with E-state index in [1.165, 1.54) is 28.8 Å². The zero-order chi connectivity index (χ0) is 22.6. The van der Waals surface area contributed by atoms with Gasteiger partial charge in [0.2, 0.25) is 0 Å². The fourth-order valence-electron chi connectivity index (χ4n) is 2.27. The van der Waals surface area contributed by atoms with Crippen molar-refractivity contribution < 1.29 is 41.8 Å². The maximum Gasteiger partial charge on any atom is 0.490 e. The zero-order valence-electron chi connectivity index (χ0n) is 15.3. The number of benzene rings is 1. The van der Waals surface area contributed by atoms with Crippen LogP contribution in [0.5, 0.6) is 0 Å². The highest BCUT2D eigenvalue weighted by atomic mass is 32.2. The van der Waals surface area contributed by atoms with Gasteiger partial charge < -0.3 is 15.6 Å². The Hall–Kier alpha value is -2.87. The van der Waals surface area contributed by atoms with E-state index in [0.717, 1.165) is 0 Å². The highest BCUT2D eigenvalue weighted by molar-refractivity contribution is 8.15. The molecule has 1 aromatic carbocycles. The molecule has 14 heteroatoms. The van der Waals surface area contributed by atoms with Crippen molar-refractivity contribution in [1.82, 2.24) is 5.43 Å². The van der Waals surface area contributed by atoms with Gasteiger partial charge in [0.15, 0.2) is 0 Å². The Kier molecular flexibility index (Phi) is 7.25. The molecule has 1 saturated heterocycles. The van der Waals surface area contributed by atoms with Gasteiger partial charge in [-0.1, -0.05) is 11.8 Å². The first kappa shape index (κ1) is 23.4. The molecule has 1 aromatic rings. The highest BCUT2D eigenvalue weighted by Gasteiger charge is 2.38. The second kappa shape index (κ2) is 9.30. The monoisotopic (exact) mass is 452 g/mol. The van der Waals surface area contributed by atoms with Crippen molar-refractivity contribution in [3.8, 4) is 0 Å². The summed E-state index contributed by atoms with van der Waals surface area (Å²) in [5, 5.41) is 11.0. The standard InChI is InChI=1S/C14H15FN4O3S.C2HF3O2/c1-7-12(20)17-18-13(23-7)10-3-2-8(4-11(10)15)19-6-9(5-16)22-14(19)21;3-2(4,5)1(6)7/h2-4,7,9H,5-6,16H2,1H3,(H,17,20);(H,6,7). The molecule has 0 aromatic heterocycles. The lowest BCUT2D eigenvalue weighted by Crippen LogP contribution is -2.33. The number of aliphatic carboxylic acids is 1. The second-order valence-electron chi connectivity index (χ2n) is 5.97. The average Bonchev–Trinajstić information content (AvgIpc) is 3.04. The number of hydrogen-bond acceptors (Lipinski definition) is 7. The average molecular weight is 452 g/mol. The summed E-state index contributed by atoms with van der Waals surface area (Å²) >= 11 is 1.18. The van der Waals surface area contributed by atoms with E-state index in [1.807, 2.05) is 0 Å². The van der Waals surface area contributed by atoms with Gasteiger partial charge in [0.1, 0.15) is 17.0 Å². The van der Waals surface area contributed by atoms with Gasteiger partial charge in [-0.3, -0.25) is 9.69 Å². The maximum absolute atomic E-state index is 14.4. The summed E-state index contributed by atoms with van der Waals surface area (Å²) in [4.78, 5) is 33.4. The van der Waals surface area contributed by atoms with Crippen LogP contribution in [0, 0.1) is 5.82 Å². The van der Waals surface area contributed by atoms with E-state index in [1.54, 1.807) is 13.0 Å². The van der Waals surface area contributed by atoms with Crippen LogP contribution in [0.3, 0.4) is 0 Å². The predicted octanol–water partition coefficient (Wildman–Crippen LogP) is 1.66. The summed E-state index contributed by atoms with van der Waals surface area (Å²) in [6, 6.07) is 4.39. The van der Waals surface area contributed by atoms with Gasteiger partial charge in [-0.05, 0) is 25.1 Å². The van der Waals surface area contributed by atoms with Gasteiger partial charge >= 0.3 is 18.2 Å². The van der Waals surface area contributed by atoms with E-state index in [-0.39, 0.29) is 35.9 Å². The fraction of sp³-hybridized carbons (Fsp3) is 0.375. The molecule has 2 atom stereocenters. The number of halogens is 4. The molecule has 0 spiro atoms. The fourth-order valence-corrected chi connectivity index (χ4v) is 3.15. The third kappa shape index (κ3) is 5.60. The third-order valence-electron chi connectivity index (χ3n) is 3.80. The minimum Gasteiger partial charge on any atom is -0.475 e. The number of hydrazone groups is 1. The van der Waals surface area contributed by atoms with Gasteiger partial charge in [-0.15, -0.1) is 0 Å². The summed E-state index contributed by atoms with van der Waals surface area (Å²) in [6.45, 7) is 2.22. The van der Waals surface area contributed by atoms with Crippen LogP contribution in [-0.4, -0.2) is 58.7 Å². The van der Waals surface area contributed by atoms with Crippen molar-refractivity contribution in [2.75, 3.05) is 18.0 Å². The molecule has 0 radical (unpaired) electrons. The highest BCUT2D eigenvalue weighted by Crippen LogP contribution is 2.28. The summed E-state index contributed by atoms with van der Waals surface area (Å²) in [5.74, 6) is -3.50. The van der Waals surface area contributed by atoms with Gasteiger partial charge in [-0.2, -0.15) is 18.3 Å². The number of carboxylic acids is 1. The molecule has 164 valence electrons. The lowest BCUT2D eigenvalue weighted by Gasteiger charge is -2.19. The molecule has 2 unspecified atom stereocenters. The van der Waals surface area contributed by atoms with Crippen molar-refractivity contribution in [1.29, 1.82) is 0 Å². The number of carboxylic acid groups (broad SMARTS) is 1. The first-order chi connectivity index (χ1) is 13.9. The van der Waals surface area contributed by atoms with E-state index in [2.05, 4.69) is 10.5 Å². The maximum atomic E-state index is 14.4. The molecular formula is C16H16F4N4O5S. The Labute approximate surface area is 171 Å². The molecule has 2 heterocycles. The molecule has 3 rings (SSSR count). The number of thioether (sulfide) groups is 1. The van der Waals surface area contributed by atoms with Crippen LogP contribution in [-0.2, 0) is 14.3 Å². The Balaban J connectivity index is 0.000000396. The molecule has 30 heavy (non-hydrogen) atoms. The van der Waals surface area contributed by atoms with Gasteiger partial charge in [-0.25, -0.2) is 19.4 Å². The quantitative estimate of drug-likeness (QED) is 0.594. The summed E-state index contributed by atoms with van der Waals surface area (Å²) in [5.41, 5.74) is 8.51. The number of anilines is 1. The number of carbonyl (C=O) groups is 3. The molecule has 2 aliphatic rings. The van der Waals surface area contributed by atoms with Crippen LogP contribution in [0.25, 0.3) is 0 Å². The molecule has 2 amide bonds. The third-order valence-corrected chi connectivity index (χ3v) is 4.90. The van der Waals surface area contributed by atoms with Crippen LogP contribution in [0.2, 0.25) is 0 Å². The van der Waals surface area contributed by atoms with E-state index in [0.29, 0.717) is 10.7 Å². The number of cyclic esters (lactones) is 1. The predicted molar refractivity (Wildman–Crippen MR) is 98.5 cm³/mol. The summed E-state index contributed by atoms with van der Waals surface area (Å²) < 4.78 is 51.2.